The van der Waals surface area contributed by atoms with Crippen LogP contribution in [0.4, 0.5) is 4.79 Å². The van der Waals surface area contributed by atoms with Crippen molar-refractivity contribution in [3.63, 3.8) is 0 Å². The molecule has 0 heterocycles. The monoisotopic (exact) mass is 407 g/mol. The summed E-state index contributed by atoms with van der Waals surface area (Å²) < 4.78 is 9.86. The minimum atomic E-state index is -0.902. The van der Waals surface area contributed by atoms with E-state index in [-0.39, 0.29) is 25.7 Å². The Hall–Kier alpha value is -3.10. The minimum absolute atomic E-state index is 0.0752. The summed E-state index contributed by atoms with van der Waals surface area (Å²) in [5.41, 5.74) is 0.820. The second-order valence-corrected chi connectivity index (χ2v) is 6.68. The number of nitrogens with one attached hydrogen (secondary N) is 3. The van der Waals surface area contributed by atoms with Crippen LogP contribution in [0.25, 0.3) is 0 Å². The molecule has 160 valence electrons. The number of hydrogen-bond donors (Lipinski definition) is 3. The Morgan fingerprint density at radius 1 is 0.931 bits per heavy atom. The Morgan fingerprint density at radius 2 is 1.59 bits per heavy atom. The number of carbonyl (C=O) groups is 4. The van der Waals surface area contributed by atoms with Gasteiger partial charge in [-0.2, -0.15) is 0 Å². The molecule has 3 amide bonds. The first kappa shape index (κ1) is 23.9. The maximum atomic E-state index is 12.5. The molecule has 0 saturated carbocycles. The van der Waals surface area contributed by atoms with E-state index in [1.54, 1.807) is 20.8 Å². The Morgan fingerprint density at radius 3 is 2.17 bits per heavy atom. The Bertz CT molecular complexity index is 693. The van der Waals surface area contributed by atoms with Crippen LogP contribution >= 0.6 is 0 Å². The molecule has 0 radical (unpaired) electrons. The largest absolute Gasteiger partial charge is 0.465 e. The maximum absolute atomic E-state index is 12.5. The molecule has 2 atom stereocenters. The van der Waals surface area contributed by atoms with Gasteiger partial charge in [0.05, 0.1) is 6.61 Å². The summed E-state index contributed by atoms with van der Waals surface area (Å²) in [4.78, 5) is 47.9. The molecule has 0 aliphatic carbocycles. The van der Waals surface area contributed by atoms with Gasteiger partial charge in [-0.05, 0) is 25.3 Å². The molecule has 0 aliphatic heterocycles. The lowest BCUT2D eigenvalue weighted by Gasteiger charge is -2.23. The average Bonchev–Trinajstić information content (AvgIpc) is 2.69. The number of rotatable bonds is 10. The first-order chi connectivity index (χ1) is 13.7. The second kappa shape index (κ2) is 12.4. The molecular weight excluding hydrogens is 378 g/mol. The summed E-state index contributed by atoms with van der Waals surface area (Å²) in [5.74, 6) is -1.88. The summed E-state index contributed by atoms with van der Waals surface area (Å²) in [6, 6.07) is 7.35. The average molecular weight is 407 g/mol. The lowest BCUT2D eigenvalue weighted by atomic mass is 10.0. The van der Waals surface area contributed by atoms with E-state index in [9.17, 15) is 19.2 Å². The zero-order valence-corrected chi connectivity index (χ0v) is 17.2. The highest BCUT2D eigenvalue weighted by Crippen LogP contribution is 2.05. The first-order valence-electron chi connectivity index (χ1n) is 9.45. The van der Waals surface area contributed by atoms with Crippen molar-refractivity contribution in [3.05, 3.63) is 35.9 Å². The van der Waals surface area contributed by atoms with Gasteiger partial charge in [0.2, 0.25) is 11.8 Å². The minimum Gasteiger partial charge on any atom is -0.465 e. The summed E-state index contributed by atoms with van der Waals surface area (Å²) >= 11 is 0. The van der Waals surface area contributed by atoms with E-state index in [2.05, 4.69) is 16.0 Å². The smallest absolute Gasteiger partial charge is 0.408 e. The predicted molar refractivity (Wildman–Crippen MR) is 106 cm³/mol. The highest BCUT2D eigenvalue weighted by atomic mass is 16.5. The van der Waals surface area contributed by atoms with Gasteiger partial charge in [-0.1, -0.05) is 44.2 Å². The number of hydrogen-bond acceptors (Lipinski definition) is 6. The first-order valence-corrected chi connectivity index (χ1v) is 9.45. The molecule has 1 aromatic carbocycles. The lowest BCUT2D eigenvalue weighted by molar-refractivity contribution is -0.143. The van der Waals surface area contributed by atoms with E-state index in [1.807, 2.05) is 30.3 Å². The fraction of sp³-hybridized carbons (Fsp3) is 0.500. The molecule has 29 heavy (non-hydrogen) atoms. The van der Waals surface area contributed by atoms with Crippen molar-refractivity contribution < 1.29 is 28.7 Å². The third-order valence-electron chi connectivity index (χ3n) is 3.90. The fourth-order valence-electron chi connectivity index (χ4n) is 2.32. The van der Waals surface area contributed by atoms with Gasteiger partial charge in [0, 0.05) is 0 Å². The predicted octanol–water partition coefficient (Wildman–Crippen LogP) is 1.12. The van der Waals surface area contributed by atoms with Crippen molar-refractivity contribution in [3.8, 4) is 0 Å². The molecule has 0 spiro atoms. The number of alkyl carbamates (subject to hydrolysis) is 1. The van der Waals surface area contributed by atoms with Crippen LogP contribution in [0.2, 0.25) is 0 Å². The third kappa shape index (κ3) is 9.09. The van der Waals surface area contributed by atoms with Crippen molar-refractivity contribution >= 4 is 23.9 Å². The summed E-state index contributed by atoms with van der Waals surface area (Å²) in [7, 11) is 0. The van der Waals surface area contributed by atoms with Crippen LogP contribution in [-0.4, -0.2) is 49.1 Å². The van der Waals surface area contributed by atoms with Crippen molar-refractivity contribution in [2.45, 2.75) is 46.4 Å². The van der Waals surface area contributed by atoms with Crippen LogP contribution in [0.5, 0.6) is 0 Å². The van der Waals surface area contributed by atoms with Crippen LogP contribution in [0.15, 0.2) is 30.3 Å². The quantitative estimate of drug-likeness (QED) is 0.500. The summed E-state index contributed by atoms with van der Waals surface area (Å²) in [6.07, 6.45) is -0.734. The van der Waals surface area contributed by atoms with Crippen LogP contribution in [-0.2, 0) is 30.5 Å². The van der Waals surface area contributed by atoms with Crippen LogP contribution in [0.3, 0.4) is 0 Å². The van der Waals surface area contributed by atoms with Gasteiger partial charge in [-0.25, -0.2) is 4.79 Å². The van der Waals surface area contributed by atoms with Gasteiger partial charge >= 0.3 is 12.1 Å². The highest BCUT2D eigenvalue weighted by molar-refractivity contribution is 5.92. The molecule has 3 N–H and O–H groups in total. The van der Waals surface area contributed by atoms with E-state index in [0.29, 0.717) is 0 Å². The zero-order valence-electron chi connectivity index (χ0n) is 17.2. The summed E-state index contributed by atoms with van der Waals surface area (Å²) in [6.45, 7) is 6.65. The maximum Gasteiger partial charge on any atom is 0.408 e. The standard InChI is InChI=1S/C20H29N3O6/c1-5-28-16(24)11-21-18(25)14(4)22-19(26)17(13(2)3)23-20(27)29-12-15-9-7-6-8-10-15/h6-10,13-14,17H,5,11-12H2,1-4H3,(H,21,25)(H,22,26)(H,23,27)/t14-,17-/m0/s1. The van der Waals surface area contributed by atoms with Crippen LogP contribution < -0.4 is 16.0 Å². The van der Waals surface area contributed by atoms with Crippen LogP contribution in [0.1, 0.15) is 33.3 Å². The van der Waals surface area contributed by atoms with E-state index in [4.69, 9.17) is 9.47 Å². The van der Waals surface area contributed by atoms with Gasteiger partial charge in [0.15, 0.2) is 0 Å². The fourth-order valence-corrected chi connectivity index (χ4v) is 2.32. The Kier molecular flexibility index (Phi) is 10.2. The van der Waals surface area contributed by atoms with Gasteiger partial charge in [0.25, 0.3) is 0 Å². The molecule has 9 nitrogen and oxygen atoms in total. The topological polar surface area (TPSA) is 123 Å². The van der Waals surface area contributed by atoms with E-state index >= 15 is 0 Å². The van der Waals surface area contributed by atoms with E-state index in [1.165, 1.54) is 6.92 Å². The Labute approximate surface area is 170 Å². The molecule has 1 rings (SSSR count). The molecular formula is C20H29N3O6. The number of amides is 3. The number of benzene rings is 1. The van der Waals surface area contributed by atoms with Crippen molar-refractivity contribution in [2.24, 2.45) is 5.92 Å². The SMILES string of the molecule is CCOC(=O)CNC(=O)[C@H](C)NC(=O)[C@@H](NC(=O)OCc1ccccc1)C(C)C. The normalized spacial score (nSPS) is 12.4. The van der Waals surface area contributed by atoms with Crippen LogP contribution in [0, 0.1) is 5.92 Å². The van der Waals surface area contributed by atoms with Gasteiger partial charge in [-0.15, -0.1) is 0 Å². The van der Waals surface area contributed by atoms with Crippen molar-refractivity contribution in [1.82, 2.24) is 16.0 Å². The van der Waals surface area contributed by atoms with E-state index < -0.39 is 36.0 Å². The lowest BCUT2D eigenvalue weighted by Crippen LogP contribution is -2.54. The summed E-state index contributed by atoms with van der Waals surface area (Å²) in [5, 5.41) is 7.42. The number of ether oxygens (including phenoxy) is 2. The molecule has 9 heteroatoms. The van der Waals surface area contributed by atoms with Gasteiger partial charge in [-0.3, -0.25) is 14.4 Å². The number of esters is 1. The Balaban J connectivity index is 2.52. The van der Waals surface area contributed by atoms with Gasteiger partial charge in [0.1, 0.15) is 25.2 Å². The molecule has 0 unspecified atom stereocenters. The van der Waals surface area contributed by atoms with Crippen molar-refractivity contribution in [2.75, 3.05) is 13.2 Å². The molecule has 0 saturated heterocycles. The molecule has 0 aromatic heterocycles. The molecule has 0 aliphatic rings. The number of carbonyl (C=O) groups excluding carboxylic acids is 4. The molecule has 0 bridgehead atoms. The molecule has 0 fully saturated rings. The van der Waals surface area contributed by atoms with Gasteiger partial charge < -0.3 is 25.4 Å². The highest BCUT2D eigenvalue weighted by Gasteiger charge is 2.27. The third-order valence-corrected chi connectivity index (χ3v) is 3.90. The van der Waals surface area contributed by atoms with E-state index in [0.717, 1.165) is 5.56 Å². The molecule has 1 aromatic rings. The second-order valence-electron chi connectivity index (χ2n) is 6.68. The zero-order chi connectivity index (χ0) is 21.8. The van der Waals surface area contributed by atoms with Crippen molar-refractivity contribution in [1.29, 1.82) is 0 Å².